The third-order valence-electron chi connectivity index (χ3n) is 4.14. The van der Waals surface area contributed by atoms with Crippen molar-refractivity contribution in [2.45, 2.75) is 31.4 Å². The van der Waals surface area contributed by atoms with E-state index in [2.05, 4.69) is 4.84 Å². The van der Waals surface area contributed by atoms with Gasteiger partial charge in [-0.3, -0.25) is 14.4 Å². The van der Waals surface area contributed by atoms with Gasteiger partial charge in [0.1, 0.15) is 21.2 Å². The van der Waals surface area contributed by atoms with E-state index in [0.717, 1.165) is 0 Å². The molecular formula is C19H30NO13S-. The van der Waals surface area contributed by atoms with Gasteiger partial charge in [0.15, 0.2) is 0 Å². The Bertz CT molecular complexity index is 770. The number of rotatable bonds is 20. The van der Waals surface area contributed by atoms with Crippen molar-refractivity contribution in [2.75, 3.05) is 66.1 Å². The van der Waals surface area contributed by atoms with Gasteiger partial charge in [0.25, 0.3) is 11.8 Å². The van der Waals surface area contributed by atoms with Crippen LogP contribution in [-0.2, 0) is 57.8 Å². The molecule has 1 fully saturated rings. The van der Waals surface area contributed by atoms with Gasteiger partial charge in [-0.1, -0.05) is 0 Å². The zero-order valence-electron chi connectivity index (χ0n) is 18.9. The van der Waals surface area contributed by atoms with Gasteiger partial charge in [0.05, 0.1) is 78.9 Å². The maximum Gasteiger partial charge on any atom is 0.335 e. The summed E-state index contributed by atoms with van der Waals surface area (Å²) in [6.45, 7) is 4.49. The SMILES string of the molecule is CC(=O)CCOCCOCCOCCOCCOCCC(=O)ON1C(=O)CC(S(=O)(=O)[O-])C1=O. The summed E-state index contributed by atoms with van der Waals surface area (Å²) in [5.41, 5.74) is 0. The summed E-state index contributed by atoms with van der Waals surface area (Å²) in [4.78, 5) is 50.2. The lowest BCUT2D eigenvalue weighted by Crippen LogP contribution is -2.36. The van der Waals surface area contributed by atoms with Crippen LogP contribution in [0.15, 0.2) is 0 Å². The van der Waals surface area contributed by atoms with Crippen molar-refractivity contribution in [3.63, 3.8) is 0 Å². The van der Waals surface area contributed by atoms with Gasteiger partial charge in [-0.15, -0.1) is 5.06 Å². The van der Waals surface area contributed by atoms with Gasteiger partial charge in [0, 0.05) is 6.42 Å². The molecule has 0 N–H and O–H groups in total. The molecule has 1 atom stereocenters. The first-order chi connectivity index (χ1) is 16.1. The van der Waals surface area contributed by atoms with Gasteiger partial charge in [-0.25, -0.2) is 13.2 Å². The average Bonchev–Trinajstić information content (AvgIpc) is 3.04. The first-order valence-electron chi connectivity index (χ1n) is 10.5. The summed E-state index contributed by atoms with van der Waals surface area (Å²) in [7, 11) is -5.02. The summed E-state index contributed by atoms with van der Waals surface area (Å²) in [6, 6.07) is 0. The molecule has 0 aromatic carbocycles. The van der Waals surface area contributed by atoms with Gasteiger partial charge in [0.2, 0.25) is 0 Å². The van der Waals surface area contributed by atoms with Crippen molar-refractivity contribution >= 4 is 33.7 Å². The summed E-state index contributed by atoms with van der Waals surface area (Å²) in [5.74, 6) is -3.38. The molecule has 1 aliphatic heterocycles. The summed E-state index contributed by atoms with van der Waals surface area (Å²) >= 11 is 0. The standard InChI is InChI=1S/C19H31NO13S/c1-15(21)2-4-28-6-8-30-10-12-32-13-11-31-9-7-29-5-3-18(23)33-20-17(22)14-16(19(20)24)34(25,26)27/h16H,2-14H2,1H3,(H,25,26,27)/p-1. The second-order valence-electron chi connectivity index (χ2n) is 6.94. The Morgan fingerprint density at radius 2 is 1.24 bits per heavy atom. The van der Waals surface area contributed by atoms with Crippen LogP contribution in [0, 0.1) is 0 Å². The maximum absolute atomic E-state index is 11.7. The highest BCUT2D eigenvalue weighted by molar-refractivity contribution is 7.87. The van der Waals surface area contributed by atoms with Crippen molar-refractivity contribution in [1.82, 2.24) is 5.06 Å². The number of carbonyl (C=O) groups excluding carboxylic acids is 4. The number of Topliss-reactive ketones (excluding diaryl/α,β-unsaturated/α-hetero) is 1. The molecule has 2 amide bonds. The van der Waals surface area contributed by atoms with Crippen LogP contribution >= 0.6 is 0 Å². The molecule has 0 aliphatic carbocycles. The molecule has 0 aromatic heterocycles. The molecule has 0 bridgehead atoms. The van der Waals surface area contributed by atoms with E-state index in [0.29, 0.717) is 52.7 Å². The van der Waals surface area contributed by atoms with E-state index in [-0.39, 0.29) is 37.1 Å². The Morgan fingerprint density at radius 3 is 1.62 bits per heavy atom. The fourth-order valence-corrected chi connectivity index (χ4v) is 3.09. The number of hydrogen-bond acceptors (Lipinski definition) is 13. The number of hydroxylamine groups is 2. The molecule has 1 rings (SSSR count). The molecule has 0 aromatic rings. The maximum atomic E-state index is 11.7. The number of ketones is 1. The second-order valence-corrected chi connectivity index (χ2v) is 8.49. The van der Waals surface area contributed by atoms with E-state index in [1.807, 2.05) is 0 Å². The lowest BCUT2D eigenvalue weighted by Gasteiger charge is -2.15. The number of amides is 2. The van der Waals surface area contributed by atoms with Crippen LogP contribution in [0.4, 0.5) is 0 Å². The van der Waals surface area contributed by atoms with Gasteiger partial charge in [-0.05, 0) is 6.92 Å². The molecule has 1 aliphatic rings. The molecule has 1 saturated heterocycles. The zero-order chi connectivity index (χ0) is 25.4. The number of imide groups is 1. The highest BCUT2D eigenvalue weighted by Gasteiger charge is 2.45. The molecule has 1 heterocycles. The van der Waals surface area contributed by atoms with E-state index in [9.17, 15) is 32.1 Å². The molecule has 0 saturated carbocycles. The number of carbonyl (C=O) groups is 4. The lowest BCUT2D eigenvalue weighted by atomic mass is 10.3. The summed E-state index contributed by atoms with van der Waals surface area (Å²) in [5, 5.41) is -2.08. The van der Waals surface area contributed by atoms with Crippen LogP contribution in [0.2, 0.25) is 0 Å². The van der Waals surface area contributed by atoms with E-state index in [1.54, 1.807) is 0 Å². The molecule has 0 spiro atoms. The molecule has 196 valence electrons. The topological polar surface area (TPSA) is 184 Å². The van der Waals surface area contributed by atoms with Crippen molar-refractivity contribution in [3.8, 4) is 0 Å². The summed E-state index contributed by atoms with van der Waals surface area (Å²) < 4.78 is 59.0. The van der Waals surface area contributed by atoms with Crippen molar-refractivity contribution in [3.05, 3.63) is 0 Å². The van der Waals surface area contributed by atoms with E-state index >= 15 is 0 Å². The summed E-state index contributed by atoms with van der Waals surface area (Å²) in [6.07, 6.45) is -0.776. The molecule has 15 heteroatoms. The van der Waals surface area contributed by atoms with E-state index in [4.69, 9.17) is 23.7 Å². The van der Waals surface area contributed by atoms with Crippen molar-refractivity contribution < 1.29 is 60.7 Å². The third kappa shape index (κ3) is 13.0. The Labute approximate surface area is 197 Å². The number of ether oxygens (including phenoxy) is 5. The first kappa shape index (κ1) is 30.0. The smallest absolute Gasteiger partial charge is 0.335 e. The third-order valence-corrected chi connectivity index (χ3v) is 5.21. The lowest BCUT2D eigenvalue weighted by molar-refractivity contribution is -0.198. The Balaban J connectivity index is 1.91. The predicted molar refractivity (Wildman–Crippen MR) is 110 cm³/mol. The molecule has 1 unspecified atom stereocenters. The second kappa shape index (κ2) is 16.6. The molecule has 14 nitrogen and oxygen atoms in total. The first-order valence-corrected chi connectivity index (χ1v) is 12.0. The highest BCUT2D eigenvalue weighted by atomic mass is 32.2. The van der Waals surface area contributed by atoms with E-state index < -0.39 is 39.6 Å². The average molecular weight is 513 g/mol. The fraction of sp³-hybridized carbons (Fsp3) is 0.789. The molecular weight excluding hydrogens is 482 g/mol. The normalized spacial score (nSPS) is 16.3. The fourth-order valence-electron chi connectivity index (χ4n) is 2.40. The van der Waals surface area contributed by atoms with E-state index in [1.165, 1.54) is 6.92 Å². The predicted octanol–water partition coefficient (Wildman–Crippen LogP) is -1.43. The quantitative estimate of drug-likeness (QED) is 0.105. The van der Waals surface area contributed by atoms with Crippen LogP contribution < -0.4 is 0 Å². The minimum Gasteiger partial charge on any atom is -0.747 e. The molecule has 0 radical (unpaired) electrons. The largest absolute Gasteiger partial charge is 0.747 e. The van der Waals surface area contributed by atoms with Crippen molar-refractivity contribution in [1.29, 1.82) is 0 Å². The van der Waals surface area contributed by atoms with Crippen LogP contribution in [0.1, 0.15) is 26.2 Å². The van der Waals surface area contributed by atoms with Crippen LogP contribution in [0.5, 0.6) is 0 Å². The van der Waals surface area contributed by atoms with Gasteiger partial charge >= 0.3 is 5.97 Å². The van der Waals surface area contributed by atoms with Crippen LogP contribution in [0.25, 0.3) is 0 Å². The van der Waals surface area contributed by atoms with Gasteiger partial charge < -0.3 is 33.1 Å². The number of nitrogens with zero attached hydrogens (tertiary/aromatic N) is 1. The Hall–Kier alpha value is -2.01. The minimum atomic E-state index is -5.02. The number of hydrogen-bond donors (Lipinski definition) is 0. The van der Waals surface area contributed by atoms with Crippen LogP contribution in [0.3, 0.4) is 0 Å². The molecule has 34 heavy (non-hydrogen) atoms. The highest BCUT2D eigenvalue weighted by Crippen LogP contribution is 2.19. The van der Waals surface area contributed by atoms with Crippen molar-refractivity contribution in [2.24, 2.45) is 0 Å². The Morgan fingerprint density at radius 1 is 0.824 bits per heavy atom. The monoisotopic (exact) mass is 512 g/mol. The Kier molecular flexibility index (Phi) is 14.6. The van der Waals surface area contributed by atoms with Gasteiger partial charge in [-0.2, -0.15) is 0 Å². The minimum absolute atomic E-state index is 0.00118. The zero-order valence-corrected chi connectivity index (χ0v) is 19.7. The van der Waals surface area contributed by atoms with Crippen LogP contribution in [-0.4, -0.2) is 113 Å².